The van der Waals surface area contributed by atoms with Gasteiger partial charge in [-0.2, -0.15) is 0 Å². The van der Waals surface area contributed by atoms with Crippen molar-refractivity contribution in [1.29, 1.82) is 0 Å². The van der Waals surface area contributed by atoms with Crippen LogP contribution in [-0.2, 0) is 4.74 Å². The fourth-order valence-electron chi connectivity index (χ4n) is 2.54. The molecule has 1 atom stereocenters. The van der Waals surface area contributed by atoms with Crippen molar-refractivity contribution >= 4 is 5.91 Å². The van der Waals surface area contributed by atoms with E-state index in [1.54, 1.807) is 19.9 Å². The maximum atomic E-state index is 13.3. The number of halogens is 1. The number of β-amino-alcohol motifs (C(OH)–C–C–N with tert-alkyl or cyclic N) is 1. The van der Waals surface area contributed by atoms with E-state index in [2.05, 4.69) is 10.2 Å². The summed E-state index contributed by atoms with van der Waals surface area (Å²) in [6.07, 6.45) is 0. The van der Waals surface area contributed by atoms with Crippen molar-refractivity contribution in [3.8, 4) is 0 Å². The zero-order valence-electron chi connectivity index (χ0n) is 13.1. The third-order valence-electron chi connectivity index (χ3n) is 3.60. The van der Waals surface area contributed by atoms with Gasteiger partial charge in [-0.15, -0.1) is 0 Å². The molecule has 1 amide bonds. The number of carbonyl (C=O) groups excluding carboxylic acids is 1. The summed E-state index contributed by atoms with van der Waals surface area (Å²) in [5, 5.41) is 13.1. The van der Waals surface area contributed by atoms with E-state index < -0.39 is 11.4 Å². The van der Waals surface area contributed by atoms with Crippen LogP contribution in [0.25, 0.3) is 0 Å². The smallest absolute Gasteiger partial charge is 0.251 e. The molecule has 22 heavy (non-hydrogen) atoms. The van der Waals surface area contributed by atoms with E-state index in [1.165, 1.54) is 12.1 Å². The summed E-state index contributed by atoms with van der Waals surface area (Å²) >= 11 is 0. The molecule has 122 valence electrons. The molecule has 1 fully saturated rings. The molecule has 1 heterocycles. The molecule has 2 rings (SSSR count). The number of carbonyl (C=O) groups is 1. The van der Waals surface area contributed by atoms with Crippen LogP contribution in [0.2, 0.25) is 0 Å². The van der Waals surface area contributed by atoms with Crippen molar-refractivity contribution in [3.05, 3.63) is 35.1 Å². The predicted molar refractivity (Wildman–Crippen MR) is 81.4 cm³/mol. The zero-order chi connectivity index (χ0) is 16.2. The Kier molecular flexibility index (Phi) is 5.50. The van der Waals surface area contributed by atoms with Gasteiger partial charge in [-0.3, -0.25) is 9.69 Å². The SMILES string of the molecule is Cc1cc(F)cc(C(=O)NCC(C)(O)CN2CCOCC2)c1. The number of aliphatic hydroxyl groups is 1. The predicted octanol–water partition coefficient (Wildman–Crippen LogP) is 0.947. The Hall–Kier alpha value is -1.50. The summed E-state index contributed by atoms with van der Waals surface area (Å²) in [7, 11) is 0. The lowest BCUT2D eigenvalue weighted by molar-refractivity contribution is -0.0213. The fraction of sp³-hybridized carbons (Fsp3) is 0.562. The molecule has 0 spiro atoms. The van der Waals surface area contributed by atoms with Crippen LogP contribution in [0.3, 0.4) is 0 Å². The Morgan fingerprint density at radius 1 is 1.41 bits per heavy atom. The van der Waals surface area contributed by atoms with E-state index >= 15 is 0 Å². The minimum Gasteiger partial charge on any atom is -0.387 e. The van der Waals surface area contributed by atoms with Crippen molar-refractivity contribution in [2.45, 2.75) is 19.4 Å². The molecule has 0 bridgehead atoms. The summed E-state index contributed by atoms with van der Waals surface area (Å²) in [4.78, 5) is 14.2. The van der Waals surface area contributed by atoms with E-state index in [4.69, 9.17) is 4.74 Å². The Bertz CT molecular complexity index is 508. The van der Waals surface area contributed by atoms with Gasteiger partial charge < -0.3 is 15.2 Å². The van der Waals surface area contributed by atoms with E-state index in [0.29, 0.717) is 25.3 Å². The van der Waals surface area contributed by atoms with Crippen molar-refractivity contribution in [2.24, 2.45) is 0 Å². The Morgan fingerprint density at radius 2 is 2.09 bits per heavy atom. The van der Waals surface area contributed by atoms with Crippen LogP contribution in [0, 0.1) is 12.7 Å². The highest BCUT2D eigenvalue weighted by Crippen LogP contribution is 2.10. The first-order valence-corrected chi connectivity index (χ1v) is 7.44. The van der Waals surface area contributed by atoms with Crippen LogP contribution < -0.4 is 5.32 Å². The number of benzene rings is 1. The molecule has 1 unspecified atom stereocenters. The van der Waals surface area contributed by atoms with Crippen molar-refractivity contribution in [3.63, 3.8) is 0 Å². The highest BCUT2D eigenvalue weighted by atomic mass is 19.1. The number of ether oxygens (including phenoxy) is 1. The van der Waals surface area contributed by atoms with E-state index in [0.717, 1.165) is 13.1 Å². The van der Waals surface area contributed by atoms with E-state index in [1.807, 2.05) is 0 Å². The molecule has 5 nitrogen and oxygen atoms in total. The third kappa shape index (κ3) is 5.05. The average Bonchev–Trinajstić information content (AvgIpc) is 2.44. The van der Waals surface area contributed by atoms with Crippen LogP contribution in [0.15, 0.2) is 18.2 Å². The summed E-state index contributed by atoms with van der Waals surface area (Å²) in [6, 6.07) is 4.18. The van der Waals surface area contributed by atoms with E-state index in [9.17, 15) is 14.3 Å². The number of morpholine rings is 1. The van der Waals surface area contributed by atoms with Gasteiger partial charge in [0.15, 0.2) is 0 Å². The van der Waals surface area contributed by atoms with Gasteiger partial charge in [0, 0.05) is 31.7 Å². The van der Waals surface area contributed by atoms with Gasteiger partial charge in [-0.25, -0.2) is 4.39 Å². The number of nitrogens with one attached hydrogen (secondary N) is 1. The second-order valence-corrected chi connectivity index (χ2v) is 6.09. The topological polar surface area (TPSA) is 61.8 Å². The van der Waals surface area contributed by atoms with Gasteiger partial charge in [-0.05, 0) is 37.6 Å². The maximum Gasteiger partial charge on any atom is 0.251 e. The lowest BCUT2D eigenvalue weighted by atomic mass is 10.1. The molecular weight excluding hydrogens is 287 g/mol. The average molecular weight is 310 g/mol. The molecule has 0 aliphatic carbocycles. The highest BCUT2D eigenvalue weighted by Gasteiger charge is 2.26. The fourth-order valence-corrected chi connectivity index (χ4v) is 2.54. The van der Waals surface area contributed by atoms with Crippen LogP contribution >= 0.6 is 0 Å². The minimum atomic E-state index is -1.05. The third-order valence-corrected chi connectivity index (χ3v) is 3.60. The Morgan fingerprint density at radius 3 is 2.73 bits per heavy atom. The molecular formula is C16H23FN2O3. The summed E-state index contributed by atoms with van der Waals surface area (Å²) < 4.78 is 18.6. The van der Waals surface area contributed by atoms with Crippen LogP contribution in [0.5, 0.6) is 0 Å². The second-order valence-electron chi connectivity index (χ2n) is 6.09. The first-order chi connectivity index (χ1) is 10.4. The summed E-state index contributed by atoms with van der Waals surface area (Å²) in [5.74, 6) is -0.824. The summed E-state index contributed by atoms with van der Waals surface area (Å²) in [5.41, 5.74) is -0.0973. The normalized spacial score (nSPS) is 18.7. The highest BCUT2D eigenvalue weighted by molar-refractivity contribution is 5.94. The van der Waals surface area contributed by atoms with Gasteiger partial charge in [-0.1, -0.05) is 0 Å². The quantitative estimate of drug-likeness (QED) is 0.850. The molecule has 1 aliphatic heterocycles. The van der Waals surface area contributed by atoms with Gasteiger partial charge in [0.1, 0.15) is 5.82 Å². The number of rotatable bonds is 5. The van der Waals surface area contributed by atoms with Crippen LogP contribution in [0.4, 0.5) is 4.39 Å². The first kappa shape index (κ1) is 16.9. The molecule has 0 saturated carbocycles. The molecule has 6 heteroatoms. The number of hydrogen-bond acceptors (Lipinski definition) is 4. The van der Waals surface area contributed by atoms with Crippen LogP contribution in [-0.4, -0.2) is 60.9 Å². The minimum absolute atomic E-state index is 0.110. The van der Waals surface area contributed by atoms with Gasteiger partial charge in [0.05, 0.1) is 18.8 Å². The number of hydrogen-bond donors (Lipinski definition) is 2. The molecule has 1 aromatic rings. The molecule has 0 radical (unpaired) electrons. The maximum absolute atomic E-state index is 13.3. The van der Waals surface area contributed by atoms with E-state index in [-0.39, 0.29) is 18.0 Å². The lowest BCUT2D eigenvalue weighted by Crippen LogP contribution is -2.51. The standard InChI is InChI=1S/C16H23FN2O3/c1-12-7-13(9-14(17)8-12)15(20)18-10-16(2,21)11-19-3-5-22-6-4-19/h7-9,21H,3-6,10-11H2,1-2H3,(H,18,20). The lowest BCUT2D eigenvalue weighted by Gasteiger charge is -2.33. The largest absolute Gasteiger partial charge is 0.387 e. The molecule has 0 aromatic heterocycles. The summed E-state index contributed by atoms with van der Waals surface area (Å²) in [6.45, 7) is 6.84. The number of nitrogens with zero attached hydrogens (tertiary/aromatic N) is 1. The van der Waals surface area contributed by atoms with Crippen LogP contribution in [0.1, 0.15) is 22.8 Å². The van der Waals surface area contributed by atoms with Crippen molar-refractivity contribution < 1.29 is 19.0 Å². The van der Waals surface area contributed by atoms with Gasteiger partial charge in [0.25, 0.3) is 5.91 Å². The van der Waals surface area contributed by atoms with Crippen molar-refractivity contribution in [2.75, 3.05) is 39.4 Å². The zero-order valence-corrected chi connectivity index (χ0v) is 13.1. The first-order valence-electron chi connectivity index (χ1n) is 7.44. The van der Waals surface area contributed by atoms with Gasteiger partial charge >= 0.3 is 0 Å². The van der Waals surface area contributed by atoms with Crippen molar-refractivity contribution in [1.82, 2.24) is 10.2 Å². The molecule has 1 aromatic carbocycles. The second kappa shape index (κ2) is 7.17. The Balaban J connectivity index is 1.88. The molecule has 1 aliphatic rings. The molecule has 2 N–H and O–H groups in total. The Labute approximate surface area is 130 Å². The number of aryl methyl sites for hydroxylation is 1. The number of amides is 1. The molecule has 1 saturated heterocycles. The monoisotopic (exact) mass is 310 g/mol. The van der Waals surface area contributed by atoms with Gasteiger partial charge in [0.2, 0.25) is 0 Å².